The van der Waals surface area contributed by atoms with Crippen LogP contribution in [-0.2, 0) is 13.0 Å². The lowest BCUT2D eigenvalue weighted by molar-refractivity contribution is 0.0573. The molecule has 1 amide bonds. The third-order valence-electron chi connectivity index (χ3n) is 5.22. The maximum atomic E-state index is 13.2. The fourth-order valence-corrected chi connectivity index (χ4v) is 3.58. The molecule has 2 aromatic heterocycles. The molecule has 0 aliphatic carbocycles. The van der Waals surface area contributed by atoms with E-state index in [0.717, 1.165) is 51.1 Å². The zero-order valence-corrected chi connectivity index (χ0v) is 15.8. The molecular weight excluding hydrogens is 326 g/mol. The number of aromatic nitrogens is 3. The molecule has 0 saturated carbocycles. The van der Waals surface area contributed by atoms with Gasteiger partial charge in [0, 0.05) is 56.7 Å². The summed E-state index contributed by atoms with van der Waals surface area (Å²) in [5.41, 5.74) is 1.57. The van der Waals surface area contributed by atoms with Gasteiger partial charge in [0.1, 0.15) is 5.69 Å². The molecule has 3 heterocycles. The van der Waals surface area contributed by atoms with Gasteiger partial charge in [0.15, 0.2) is 0 Å². The predicted molar refractivity (Wildman–Crippen MR) is 102 cm³/mol. The number of pyridine rings is 1. The first kappa shape index (κ1) is 18.6. The Morgan fingerprint density at radius 3 is 2.62 bits per heavy atom. The first-order valence-corrected chi connectivity index (χ1v) is 9.68. The molecule has 1 fully saturated rings. The highest BCUT2D eigenvalue weighted by atomic mass is 16.2. The van der Waals surface area contributed by atoms with E-state index in [4.69, 9.17) is 0 Å². The van der Waals surface area contributed by atoms with E-state index in [-0.39, 0.29) is 11.9 Å². The normalized spacial score (nSPS) is 15.9. The number of piperidine rings is 1. The number of likely N-dealkylation sites (tertiary alicyclic amines) is 1. The van der Waals surface area contributed by atoms with Crippen molar-refractivity contribution in [2.75, 3.05) is 26.2 Å². The smallest absolute Gasteiger partial charge is 0.274 e. The van der Waals surface area contributed by atoms with Gasteiger partial charge in [-0.3, -0.25) is 14.5 Å². The van der Waals surface area contributed by atoms with E-state index in [0.29, 0.717) is 12.2 Å². The maximum absolute atomic E-state index is 13.2. The molecule has 6 nitrogen and oxygen atoms in total. The van der Waals surface area contributed by atoms with Gasteiger partial charge in [-0.25, -0.2) is 0 Å². The van der Waals surface area contributed by atoms with E-state index < -0.39 is 0 Å². The summed E-state index contributed by atoms with van der Waals surface area (Å²) >= 11 is 0. The average Bonchev–Trinajstić information content (AvgIpc) is 3.18. The van der Waals surface area contributed by atoms with Crippen molar-refractivity contribution in [3.63, 3.8) is 0 Å². The molecule has 3 rings (SSSR count). The van der Waals surface area contributed by atoms with Crippen LogP contribution >= 0.6 is 0 Å². The second-order valence-corrected chi connectivity index (χ2v) is 6.79. The minimum absolute atomic E-state index is 0.0445. The number of carbonyl (C=O) groups excluding carboxylic acids is 1. The van der Waals surface area contributed by atoms with Gasteiger partial charge in [-0.2, -0.15) is 5.10 Å². The molecule has 0 N–H and O–H groups in total. The van der Waals surface area contributed by atoms with Crippen LogP contribution in [0, 0.1) is 0 Å². The highest BCUT2D eigenvalue weighted by Crippen LogP contribution is 2.19. The van der Waals surface area contributed by atoms with Crippen molar-refractivity contribution in [3.05, 3.63) is 48.0 Å². The van der Waals surface area contributed by atoms with Crippen LogP contribution in [0.3, 0.4) is 0 Å². The van der Waals surface area contributed by atoms with Gasteiger partial charge < -0.3 is 9.80 Å². The van der Waals surface area contributed by atoms with Crippen LogP contribution in [0.4, 0.5) is 0 Å². The number of hydrogen-bond acceptors (Lipinski definition) is 4. The highest BCUT2D eigenvalue weighted by Gasteiger charge is 2.29. The van der Waals surface area contributed by atoms with E-state index in [1.807, 2.05) is 53.2 Å². The Balaban J connectivity index is 1.73. The van der Waals surface area contributed by atoms with Gasteiger partial charge in [-0.15, -0.1) is 0 Å². The summed E-state index contributed by atoms with van der Waals surface area (Å²) in [5.74, 6) is 0.0445. The summed E-state index contributed by atoms with van der Waals surface area (Å²) in [6.45, 7) is 8.87. The zero-order chi connectivity index (χ0) is 18.4. The number of carbonyl (C=O) groups is 1. The van der Waals surface area contributed by atoms with Crippen LogP contribution in [0.2, 0.25) is 0 Å². The summed E-state index contributed by atoms with van der Waals surface area (Å²) in [6, 6.07) is 8.05. The first-order chi connectivity index (χ1) is 12.7. The molecule has 2 aromatic rings. The third-order valence-corrected chi connectivity index (χ3v) is 5.22. The Bertz CT molecular complexity index is 691. The topological polar surface area (TPSA) is 54.3 Å². The van der Waals surface area contributed by atoms with E-state index in [1.54, 1.807) is 0 Å². The number of nitrogens with zero attached hydrogens (tertiary/aromatic N) is 5. The van der Waals surface area contributed by atoms with Crippen molar-refractivity contribution in [1.82, 2.24) is 24.6 Å². The maximum Gasteiger partial charge on any atom is 0.274 e. The standard InChI is InChI=1S/C20H29N5O/c1-3-23-13-9-18(10-14-23)25(16-8-17-7-5-6-12-21-17)20(26)19-11-15-24(4-2)22-19/h5-7,11-12,15,18H,3-4,8-10,13-14,16H2,1-2H3. The second kappa shape index (κ2) is 8.94. The second-order valence-electron chi connectivity index (χ2n) is 6.79. The first-order valence-electron chi connectivity index (χ1n) is 9.68. The summed E-state index contributed by atoms with van der Waals surface area (Å²) in [5, 5.41) is 4.43. The summed E-state index contributed by atoms with van der Waals surface area (Å²) in [6.07, 6.45) is 6.51. The molecule has 26 heavy (non-hydrogen) atoms. The van der Waals surface area contributed by atoms with Crippen LogP contribution in [-0.4, -0.2) is 62.7 Å². The Kier molecular flexibility index (Phi) is 6.39. The Morgan fingerprint density at radius 2 is 2.00 bits per heavy atom. The average molecular weight is 355 g/mol. The lowest BCUT2D eigenvalue weighted by atomic mass is 10.0. The molecule has 0 radical (unpaired) electrons. The SMILES string of the molecule is CCN1CCC(N(CCc2ccccn2)C(=O)c2ccn(CC)n2)CC1. The minimum atomic E-state index is 0.0445. The van der Waals surface area contributed by atoms with E-state index in [9.17, 15) is 4.79 Å². The summed E-state index contributed by atoms with van der Waals surface area (Å²) in [7, 11) is 0. The largest absolute Gasteiger partial charge is 0.334 e. The van der Waals surface area contributed by atoms with Crippen LogP contribution in [0.25, 0.3) is 0 Å². The monoisotopic (exact) mass is 355 g/mol. The lowest BCUT2D eigenvalue weighted by Crippen LogP contribution is -2.48. The van der Waals surface area contributed by atoms with Gasteiger partial charge in [0.2, 0.25) is 0 Å². The van der Waals surface area contributed by atoms with E-state index >= 15 is 0 Å². The fraction of sp³-hybridized carbons (Fsp3) is 0.550. The molecule has 0 bridgehead atoms. The van der Waals surface area contributed by atoms with Crippen molar-refractivity contribution >= 4 is 5.91 Å². The highest BCUT2D eigenvalue weighted by molar-refractivity contribution is 5.92. The van der Waals surface area contributed by atoms with Gasteiger partial charge in [-0.1, -0.05) is 13.0 Å². The van der Waals surface area contributed by atoms with E-state index in [2.05, 4.69) is 21.9 Å². The molecule has 0 unspecified atom stereocenters. The van der Waals surface area contributed by atoms with Crippen LogP contribution in [0.1, 0.15) is 42.9 Å². The van der Waals surface area contributed by atoms with Crippen molar-refractivity contribution in [1.29, 1.82) is 0 Å². The predicted octanol–water partition coefficient (Wildman–Crippen LogP) is 2.47. The Morgan fingerprint density at radius 1 is 1.19 bits per heavy atom. The number of aryl methyl sites for hydroxylation is 1. The molecule has 1 saturated heterocycles. The molecule has 140 valence electrons. The lowest BCUT2D eigenvalue weighted by Gasteiger charge is -2.38. The Hall–Kier alpha value is -2.21. The Labute approximate surface area is 155 Å². The van der Waals surface area contributed by atoms with Gasteiger partial charge in [-0.05, 0) is 44.5 Å². The third kappa shape index (κ3) is 4.49. The van der Waals surface area contributed by atoms with Gasteiger partial charge >= 0.3 is 0 Å². The van der Waals surface area contributed by atoms with Crippen molar-refractivity contribution < 1.29 is 4.79 Å². The molecule has 1 aliphatic heterocycles. The zero-order valence-electron chi connectivity index (χ0n) is 15.8. The molecular formula is C20H29N5O. The van der Waals surface area contributed by atoms with Crippen LogP contribution in [0.5, 0.6) is 0 Å². The number of amides is 1. The van der Waals surface area contributed by atoms with Gasteiger partial charge in [0.25, 0.3) is 5.91 Å². The van der Waals surface area contributed by atoms with Crippen molar-refractivity contribution in [2.45, 2.75) is 45.7 Å². The molecule has 0 atom stereocenters. The molecule has 0 aromatic carbocycles. The summed E-state index contributed by atoms with van der Waals surface area (Å²) in [4.78, 5) is 22.0. The molecule has 6 heteroatoms. The van der Waals surface area contributed by atoms with Crippen molar-refractivity contribution in [3.8, 4) is 0 Å². The van der Waals surface area contributed by atoms with E-state index in [1.165, 1.54) is 0 Å². The molecule has 1 aliphatic rings. The summed E-state index contributed by atoms with van der Waals surface area (Å²) < 4.78 is 1.81. The quantitative estimate of drug-likeness (QED) is 0.766. The van der Waals surface area contributed by atoms with Crippen LogP contribution < -0.4 is 0 Å². The molecule has 0 spiro atoms. The number of hydrogen-bond donors (Lipinski definition) is 0. The van der Waals surface area contributed by atoms with Gasteiger partial charge in [0.05, 0.1) is 0 Å². The minimum Gasteiger partial charge on any atom is -0.334 e. The fourth-order valence-electron chi connectivity index (χ4n) is 3.58. The van der Waals surface area contributed by atoms with Crippen molar-refractivity contribution in [2.24, 2.45) is 0 Å². The number of rotatable bonds is 7. The van der Waals surface area contributed by atoms with Crippen LogP contribution in [0.15, 0.2) is 36.7 Å².